The third kappa shape index (κ3) is 5.44. The molecule has 1 aliphatic rings. The quantitative estimate of drug-likeness (QED) is 0.399. The van der Waals surface area contributed by atoms with E-state index in [-0.39, 0.29) is 11.4 Å². The number of hydrogen-bond donors (Lipinski definition) is 1. The Labute approximate surface area is 208 Å². The first-order valence-electron chi connectivity index (χ1n) is 12.4. The molecule has 0 saturated heterocycles. The Morgan fingerprint density at radius 3 is 2.60 bits per heavy atom. The van der Waals surface area contributed by atoms with E-state index in [0.717, 1.165) is 54.6 Å². The molecule has 0 fully saturated rings. The molecule has 0 saturated carbocycles. The van der Waals surface area contributed by atoms with Crippen molar-refractivity contribution in [1.29, 1.82) is 0 Å². The van der Waals surface area contributed by atoms with E-state index in [1.165, 1.54) is 16.7 Å². The molecule has 0 spiro atoms. The summed E-state index contributed by atoms with van der Waals surface area (Å²) in [6.45, 7) is 9.02. The number of rotatable bonds is 6. The van der Waals surface area contributed by atoms with Crippen LogP contribution in [0.2, 0.25) is 0 Å². The number of aromatic nitrogens is 1. The average Bonchev–Trinajstić information content (AvgIpc) is 2.83. The summed E-state index contributed by atoms with van der Waals surface area (Å²) in [6.07, 6.45) is 1.83. The van der Waals surface area contributed by atoms with Crippen molar-refractivity contribution < 1.29 is 4.79 Å². The molecule has 2 heterocycles. The molecule has 0 unspecified atom stereocenters. The van der Waals surface area contributed by atoms with Crippen molar-refractivity contribution in [3.05, 3.63) is 112 Å². The van der Waals surface area contributed by atoms with E-state index in [1.807, 2.05) is 31.2 Å². The predicted molar refractivity (Wildman–Crippen MR) is 143 cm³/mol. The van der Waals surface area contributed by atoms with Gasteiger partial charge in [0.2, 0.25) is 0 Å². The summed E-state index contributed by atoms with van der Waals surface area (Å²) < 4.78 is 0. The third-order valence-corrected chi connectivity index (χ3v) is 6.79. The molecule has 4 heteroatoms. The monoisotopic (exact) mass is 463 g/mol. The lowest BCUT2D eigenvalue weighted by molar-refractivity contribution is 0.0881. The topological polar surface area (TPSA) is 45.2 Å². The number of fused-ring (bicyclic) bond motifs is 2. The zero-order valence-electron chi connectivity index (χ0n) is 20.8. The second-order valence-corrected chi connectivity index (χ2v) is 10.4. The minimum atomic E-state index is -0.336. The molecule has 4 nitrogen and oxygen atoms in total. The molecule has 0 atom stereocenters. The molecule has 35 heavy (non-hydrogen) atoms. The molecule has 3 aromatic carbocycles. The lowest BCUT2D eigenvalue weighted by Crippen LogP contribution is -2.52. The van der Waals surface area contributed by atoms with Gasteiger partial charge in [0, 0.05) is 41.8 Å². The molecule has 1 aromatic heterocycles. The number of nitrogens with zero attached hydrogens (tertiary/aromatic N) is 2. The summed E-state index contributed by atoms with van der Waals surface area (Å²) in [5.41, 5.74) is 7.59. The largest absolute Gasteiger partial charge is 0.346 e. The molecular formula is C31H33N3O. The van der Waals surface area contributed by atoms with E-state index in [9.17, 15) is 4.79 Å². The second-order valence-electron chi connectivity index (χ2n) is 10.4. The Balaban J connectivity index is 1.28. The number of carbonyl (C=O) groups is 1. The second kappa shape index (κ2) is 9.63. The lowest BCUT2D eigenvalue weighted by atomic mass is 9.96. The number of para-hydroxylation sites is 1. The van der Waals surface area contributed by atoms with Crippen LogP contribution in [0.25, 0.3) is 10.9 Å². The minimum absolute atomic E-state index is 0.0231. The van der Waals surface area contributed by atoms with Crippen molar-refractivity contribution in [2.75, 3.05) is 13.1 Å². The normalized spacial score (nSPS) is 14.0. The van der Waals surface area contributed by atoms with Gasteiger partial charge in [-0.2, -0.15) is 0 Å². The molecular weight excluding hydrogens is 430 g/mol. The zero-order chi connectivity index (χ0) is 24.4. The van der Waals surface area contributed by atoms with E-state index in [1.54, 1.807) is 0 Å². The number of hydrogen-bond acceptors (Lipinski definition) is 3. The van der Waals surface area contributed by atoms with Crippen molar-refractivity contribution in [3.8, 4) is 0 Å². The highest BCUT2D eigenvalue weighted by Crippen LogP contribution is 2.23. The fourth-order valence-corrected chi connectivity index (χ4v) is 5.25. The maximum Gasteiger partial charge on any atom is 0.251 e. The van der Waals surface area contributed by atoms with Crippen LogP contribution in [-0.4, -0.2) is 34.4 Å². The van der Waals surface area contributed by atoms with Gasteiger partial charge in [0.25, 0.3) is 5.91 Å². The van der Waals surface area contributed by atoms with Crippen LogP contribution < -0.4 is 5.32 Å². The van der Waals surface area contributed by atoms with Gasteiger partial charge in [0.1, 0.15) is 0 Å². The Hall–Kier alpha value is -3.50. The van der Waals surface area contributed by atoms with E-state index < -0.39 is 0 Å². The van der Waals surface area contributed by atoms with Gasteiger partial charge in [-0.3, -0.25) is 14.7 Å². The molecule has 0 radical (unpaired) electrons. The Bertz CT molecular complexity index is 1370. The van der Waals surface area contributed by atoms with Crippen LogP contribution in [0.15, 0.2) is 78.9 Å². The van der Waals surface area contributed by atoms with Crippen molar-refractivity contribution in [1.82, 2.24) is 15.2 Å². The molecule has 178 valence electrons. The van der Waals surface area contributed by atoms with Gasteiger partial charge in [-0.25, -0.2) is 0 Å². The SMILES string of the molecule is Cc1cc(Cc2cccc(C(=O)NC(C)(C)CN3CCc4ccccc4C3)c2)c2ccccc2n1. The molecule has 1 amide bonds. The summed E-state index contributed by atoms with van der Waals surface area (Å²) in [6, 6.07) is 27.1. The smallest absolute Gasteiger partial charge is 0.251 e. The number of pyridine rings is 1. The Morgan fingerprint density at radius 1 is 0.971 bits per heavy atom. The van der Waals surface area contributed by atoms with E-state index in [2.05, 4.69) is 83.6 Å². The number of nitrogens with one attached hydrogen (secondary N) is 1. The maximum absolute atomic E-state index is 13.2. The van der Waals surface area contributed by atoms with Crippen molar-refractivity contribution in [3.63, 3.8) is 0 Å². The highest BCUT2D eigenvalue weighted by Gasteiger charge is 2.26. The highest BCUT2D eigenvalue weighted by molar-refractivity contribution is 5.95. The van der Waals surface area contributed by atoms with Crippen molar-refractivity contribution in [2.45, 2.75) is 45.7 Å². The number of carbonyl (C=O) groups excluding carboxylic acids is 1. The Morgan fingerprint density at radius 2 is 1.74 bits per heavy atom. The number of benzene rings is 3. The molecule has 0 bridgehead atoms. The first kappa shape index (κ1) is 23.3. The number of aryl methyl sites for hydroxylation is 1. The van der Waals surface area contributed by atoms with Crippen molar-refractivity contribution in [2.24, 2.45) is 0 Å². The van der Waals surface area contributed by atoms with Crippen LogP contribution in [-0.2, 0) is 19.4 Å². The molecule has 4 aromatic rings. The van der Waals surface area contributed by atoms with E-state index in [4.69, 9.17) is 0 Å². The summed E-state index contributed by atoms with van der Waals surface area (Å²) in [7, 11) is 0. The van der Waals surface area contributed by atoms with Crippen LogP contribution >= 0.6 is 0 Å². The molecule has 0 aliphatic carbocycles. The first-order chi connectivity index (χ1) is 16.9. The summed E-state index contributed by atoms with van der Waals surface area (Å²) in [5, 5.41) is 4.45. The first-order valence-corrected chi connectivity index (χ1v) is 12.4. The summed E-state index contributed by atoms with van der Waals surface area (Å²) >= 11 is 0. The van der Waals surface area contributed by atoms with Crippen molar-refractivity contribution >= 4 is 16.8 Å². The van der Waals surface area contributed by atoms with E-state index in [0.29, 0.717) is 5.56 Å². The highest BCUT2D eigenvalue weighted by atomic mass is 16.1. The fraction of sp³-hybridized carbons (Fsp3) is 0.290. The average molecular weight is 464 g/mol. The van der Waals surface area contributed by atoms with Gasteiger partial charge in [0.05, 0.1) is 5.52 Å². The van der Waals surface area contributed by atoms with Crippen LogP contribution in [0.5, 0.6) is 0 Å². The lowest BCUT2D eigenvalue weighted by Gasteiger charge is -2.36. The molecule has 1 N–H and O–H groups in total. The van der Waals surface area contributed by atoms with Crippen LogP contribution in [0, 0.1) is 6.92 Å². The van der Waals surface area contributed by atoms with Crippen LogP contribution in [0.1, 0.15) is 52.2 Å². The number of amides is 1. The van der Waals surface area contributed by atoms with Gasteiger partial charge in [-0.05, 0) is 80.1 Å². The van der Waals surface area contributed by atoms with E-state index >= 15 is 0 Å². The summed E-state index contributed by atoms with van der Waals surface area (Å²) in [5.74, 6) is -0.0231. The molecule has 1 aliphatic heterocycles. The van der Waals surface area contributed by atoms with Crippen LogP contribution in [0.4, 0.5) is 0 Å². The fourth-order valence-electron chi connectivity index (χ4n) is 5.25. The standard InChI is InChI=1S/C31H33N3O/c1-22-17-27(28-13-6-7-14-29(28)32-22)19-23-9-8-12-25(18-23)30(35)33-31(2,3)21-34-16-15-24-10-4-5-11-26(24)20-34/h4-14,17-18H,15-16,19-21H2,1-3H3,(H,33,35). The molecule has 5 rings (SSSR count). The van der Waals surface area contributed by atoms with Gasteiger partial charge in [-0.15, -0.1) is 0 Å². The van der Waals surface area contributed by atoms with Crippen LogP contribution in [0.3, 0.4) is 0 Å². The van der Waals surface area contributed by atoms with Gasteiger partial charge in [0.15, 0.2) is 0 Å². The third-order valence-electron chi connectivity index (χ3n) is 6.79. The zero-order valence-corrected chi connectivity index (χ0v) is 20.8. The predicted octanol–water partition coefficient (Wildman–Crippen LogP) is 5.70. The van der Waals surface area contributed by atoms with Gasteiger partial charge in [-0.1, -0.05) is 54.6 Å². The van der Waals surface area contributed by atoms with Gasteiger partial charge < -0.3 is 5.32 Å². The summed E-state index contributed by atoms with van der Waals surface area (Å²) in [4.78, 5) is 20.3. The maximum atomic E-state index is 13.2. The van der Waals surface area contributed by atoms with Gasteiger partial charge >= 0.3 is 0 Å². The Kier molecular flexibility index (Phi) is 6.40. The minimum Gasteiger partial charge on any atom is -0.346 e.